The maximum Gasteiger partial charge on any atom is 0.350 e. The summed E-state index contributed by atoms with van der Waals surface area (Å²) in [6.07, 6.45) is 0. The molecule has 2 aromatic heterocycles. The van der Waals surface area contributed by atoms with Gasteiger partial charge in [0.15, 0.2) is 5.13 Å². The van der Waals surface area contributed by atoms with Gasteiger partial charge in [-0.15, -0.1) is 5.10 Å². The number of anilines is 1. The average molecular weight is 387 g/mol. The molecule has 9 nitrogen and oxygen atoms in total. The maximum atomic E-state index is 12.6. The van der Waals surface area contributed by atoms with Gasteiger partial charge in [0, 0.05) is 0 Å². The number of nitrogens with one attached hydrogen (secondary N) is 1. The number of fused-ring (bicyclic) bond motifs is 1. The van der Waals surface area contributed by atoms with Crippen LogP contribution in [-0.4, -0.2) is 38.5 Å². The zero-order valence-electron chi connectivity index (χ0n) is 14.9. The van der Waals surface area contributed by atoms with Gasteiger partial charge in [-0.2, -0.15) is 4.68 Å². The fourth-order valence-corrected chi connectivity index (χ4v) is 3.28. The molecule has 0 radical (unpaired) electrons. The van der Waals surface area contributed by atoms with E-state index in [2.05, 4.69) is 20.6 Å². The number of carbonyl (C=O) groups is 2. The number of nitrogens with zero attached hydrogens (tertiary/aromatic N) is 4. The van der Waals surface area contributed by atoms with Gasteiger partial charge in [0.2, 0.25) is 0 Å². The Balaban J connectivity index is 1.83. The molecule has 2 heterocycles. The quantitative estimate of drug-likeness (QED) is 0.665. The normalized spacial score (nSPS) is 12.0. The number of hydrogen-bond donors (Lipinski definition) is 1. The lowest BCUT2D eigenvalue weighted by Gasteiger charge is -2.12. The van der Waals surface area contributed by atoms with Gasteiger partial charge in [-0.05, 0) is 32.9 Å². The van der Waals surface area contributed by atoms with Crippen molar-refractivity contribution in [2.24, 2.45) is 0 Å². The molecular formula is C17H17N5O4S. The highest BCUT2D eigenvalue weighted by molar-refractivity contribution is 7.17. The van der Waals surface area contributed by atoms with Crippen LogP contribution in [0.5, 0.6) is 0 Å². The van der Waals surface area contributed by atoms with Crippen LogP contribution in [-0.2, 0) is 9.53 Å². The molecule has 1 N–H and O–H groups in total. The van der Waals surface area contributed by atoms with Crippen molar-refractivity contribution >= 4 is 39.2 Å². The Morgan fingerprint density at radius 1 is 1.33 bits per heavy atom. The SMILES string of the molecule is CCOC(=O)c1sc(NC(=O)[C@@H](C)n2nnc3ccccc3c2=O)nc1C. The van der Waals surface area contributed by atoms with Crippen LogP contribution >= 0.6 is 11.3 Å². The Morgan fingerprint density at radius 3 is 2.81 bits per heavy atom. The van der Waals surface area contributed by atoms with E-state index in [4.69, 9.17) is 4.74 Å². The number of aryl methyl sites for hydroxylation is 1. The Kier molecular flexibility index (Phi) is 5.26. The number of aromatic nitrogens is 4. The zero-order chi connectivity index (χ0) is 19.6. The van der Waals surface area contributed by atoms with Crippen LogP contribution < -0.4 is 10.9 Å². The van der Waals surface area contributed by atoms with Crippen molar-refractivity contribution in [1.82, 2.24) is 20.0 Å². The van der Waals surface area contributed by atoms with Gasteiger partial charge >= 0.3 is 5.97 Å². The molecule has 0 unspecified atom stereocenters. The van der Waals surface area contributed by atoms with Crippen LogP contribution in [0.1, 0.15) is 35.3 Å². The zero-order valence-corrected chi connectivity index (χ0v) is 15.7. The summed E-state index contributed by atoms with van der Waals surface area (Å²) in [5, 5.41) is 11.0. The number of benzene rings is 1. The number of esters is 1. The molecule has 0 spiro atoms. The van der Waals surface area contributed by atoms with E-state index < -0.39 is 23.5 Å². The molecule has 0 aliphatic rings. The Hall–Kier alpha value is -3.14. The third-order valence-corrected chi connectivity index (χ3v) is 4.88. The predicted molar refractivity (Wildman–Crippen MR) is 99.9 cm³/mol. The molecule has 1 amide bonds. The van der Waals surface area contributed by atoms with E-state index in [1.165, 1.54) is 6.92 Å². The Labute approximate surface area is 158 Å². The van der Waals surface area contributed by atoms with Crippen LogP contribution in [0.2, 0.25) is 0 Å². The average Bonchev–Trinajstić information content (AvgIpc) is 3.02. The Bertz CT molecular complexity index is 1070. The number of thiazole rings is 1. The molecule has 1 aromatic carbocycles. The highest BCUT2D eigenvalue weighted by Gasteiger charge is 2.22. The van der Waals surface area contributed by atoms with Crippen LogP contribution in [0.15, 0.2) is 29.1 Å². The summed E-state index contributed by atoms with van der Waals surface area (Å²) >= 11 is 1.01. The molecule has 0 aliphatic carbocycles. The first-order chi connectivity index (χ1) is 12.9. The molecule has 10 heteroatoms. The molecule has 1 atom stereocenters. The van der Waals surface area contributed by atoms with Crippen molar-refractivity contribution < 1.29 is 14.3 Å². The van der Waals surface area contributed by atoms with Gasteiger partial charge in [0.05, 0.1) is 17.7 Å². The highest BCUT2D eigenvalue weighted by Crippen LogP contribution is 2.24. The van der Waals surface area contributed by atoms with E-state index in [0.29, 0.717) is 21.5 Å². The monoisotopic (exact) mass is 387 g/mol. The standard InChI is InChI=1S/C17H17N5O4S/c1-4-26-16(25)13-9(2)18-17(27-13)19-14(23)10(3)22-15(24)11-7-5-6-8-12(11)20-21-22/h5-8,10H,4H2,1-3H3,(H,18,19,23)/t10-/m1/s1. The molecule has 0 bridgehead atoms. The lowest BCUT2D eigenvalue weighted by molar-refractivity contribution is -0.119. The molecule has 0 saturated heterocycles. The van der Waals surface area contributed by atoms with E-state index in [1.807, 2.05) is 0 Å². The first-order valence-electron chi connectivity index (χ1n) is 8.22. The summed E-state index contributed by atoms with van der Waals surface area (Å²) in [6.45, 7) is 5.15. The summed E-state index contributed by atoms with van der Waals surface area (Å²) < 4.78 is 5.97. The maximum absolute atomic E-state index is 12.6. The Morgan fingerprint density at radius 2 is 2.07 bits per heavy atom. The lowest BCUT2D eigenvalue weighted by Crippen LogP contribution is -2.34. The van der Waals surface area contributed by atoms with Crippen molar-refractivity contribution in [2.45, 2.75) is 26.8 Å². The second-order valence-electron chi connectivity index (χ2n) is 5.68. The van der Waals surface area contributed by atoms with E-state index in [9.17, 15) is 14.4 Å². The fraction of sp³-hybridized carbons (Fsp3) is 0.294. The number of carbonyl (C=O) groups excluding carboxylic acids is 2. The van der Waals surface area contributed by atoms with Crippen LogP contribution in [0, 0.1) is 6.92 Å². The van der Waals surface area contributed by atoms with Crippen molar-refractivity contribution in [3.05, 3.63) is 45.2 Å². The molecular weight excluding hydrogens is 370 g/mol. The molecule has 3 rings (SSSR count). The van der Waals surface area contributed by atoms with Crippen LogP contribution in [0.3, 0.4) is 0 Å². The summed E-state index contributed by atoms with van der Waals surface area (Å²) in [5.41, 5.74) is 0.510. The molecule has 0 saturated carbocycles. The summed E-state index contributed by atoms with van der Waals surface area (Å²) in [4.78, 5) is 41.4. The predicted octanol–water partition coefficient (Wildman–Crippen LogP) is 1.93. The molecule has 0 aliphatic heterocycles. The van der Waals surface area contributed by atoms with Gasteiger partial charge in [0.1, 0.15) is 16.4 Å². The minimum atomic E-state index is -0.912. The van der Waals surface area contributed by atoms with Gasteiger partial charge in [-0.25, -0.2) is 9.78 Å². The first-order valence-corrected chi connectivity index (χ1v) is 9.03. The van der Waals surface area contributed by atoms with Gasteiger partial charge in [-0.1, -0.05) is 28.7 Å². The van der Waals surface area contributed by atoms with E-state index in [0.717, 1.165) is 16.0 Å². The second-order valence-corrected chi connectivity index (χ2v) is 6.67. The van der Waals surface area contributed by atoms with E-state index in [1.54, 1.807) is 38.1 Å². The van der Waals surface area contributed by atoms with Crippen LogP contribution in [0.4, 0.5) is 5.13 Å². The largest absolute Gasteiger partial charge is 0.462 e. The topological polar surface area (TPSA) is 116 Å². The summed E-state index contributed by atoms with van der Waals surface area (Å²) in [7, 11) is 0. The first kappa shape index (κ1) is 18.6. The van der Waals surface area contributed by atoms with Crippen molar-refractivity contribution in [3.8, 4) is 0 Å². The summed E-state index contributed by atoms with van der Waals surface area (Å²) in [6, 6.07) is 5.86. The molecule has 3 aromatic rings. The summed E-state index contributed by atoms with van der Waals surface area (Å²) in [5.74, 6) is -0.983. The number of rotatable bonds is 5. The van der Waals surface area contributed by atoms with Gasteiger partial charge in [0.25, 0.3) is 11.5 Å². The third-order valence-electron chi connectivity index (χ3n) is 3.83. The van der Waals surface area contributed by atoms with Crippen molar-refractivity contribution in [3.63, 3.8) is 0 Å². The third kappa shape index (κ3) is 3.70. The number of ether oxygens (including phenoxy) is 1. The van der Waals surface area contributed by atoms with Gasteiger partial charge in [-0.3, -0.25) is 9.59 Å². The fourth-order valence-electron chi connectivity index (χ4n) is 2.41. The minimum Gasteiger partial charge on any atom is -0.462 e. The minimum absolute atomic E-state index is 0.245. The molecule has 140 valence electrons. The number of amides is 1. The lowest BCUT2D eigenvalue weighted by atomic mass is 10.2. The van der Waals surface area contributed by atoms with Gasteiger partial charge < -0.3 is 10.1 Å². The van der Waals surface area contributed by atoms with E-state index >= 15 is 0 Å². The number of hydrogen-bond acceptors (Lipinski definition) is 8. The van der Waals surface area contributed by atoms with Crippen molar-refractivity contribution in [2.75, 3.05) is 11.9 Å². The van der Waals surface area contributed by atoms with Crippen molar-refractivity contribution in [1.29, 1.82) is 0 Å². The van der Waals surface area contributed by atoms with E-state index in [-0.39, 0.29) is 11.7 Å². The second kappa shape index (κ2) is 7.62. The molecule has 0 fully saturated rings. The van der Waals surface area contributed by atoms with Crippen LogP contribution in [0.25, 0.3) is 10.9 Å². The molecule has 27 heavy (non-hydrogen) atoms. The highest BCUT2D eigenvalue weighted by atomic mass is 32.1. The smallest absolute Gasteiger partial charge is 0.350 e.